The highest BCUT2D eigenvalue weighted by atomic mass is 19.4. The molecule has 42 heavy (non-hydrogen) atoms. The van der Waals surface area contributed by atoms with E-state index in [1.165, 1.54) is 23.2 Å². The summed E-state index contributed by atoms with van der Waals surface area (Å²) in [5.41, 5.74) is -0.923. The molecule has 0 aliphatic carbocycles. The minimum absolute atomic E-state index is 0.185. The highest BCUT2D eigenvalue weighted by Crippen LogP contribution is 2.35. The average Bonchev–Trinajstić information content (AvgIpc) is 3.44. The Labute approximate surface area is 236 Å². The van der Waals surface area contributed by atoms with Crippen molar-refractivity contribution < 1.29 is 41.1 Å². The summed E-state index contributed by atoms with van der Waals surface area (Å²) < 4.78 is 73.1. The van der Waals surface area contributed by atoms with Gasteiger partial charge in [0.2, 0.25) is 17.4 Å². The predicted octanol–water partition coefficient (Wildman–Crippen LogP) is 4.84. The zero-order valence-corrected chi connectivity index (χ0v) is 21.8. The first-order valence-electron chi connectivity index (χ1n) is 12.8. The number of anilines is 1. The van der Waals surface area contributed by atoms with E-state index >= 15 is 0 Å². The Morgan fingerprint density at radius 2 is 1.62 bits per heavy atom. The van der Waals surface area contributed by atoms with Crippen LogP contribution in [0.15, 0.2) is 71.3 Å². The molecule has 0 radical (unpaired) electrons. The number of amides is 1. The molecule has 2 aromatic carbocycles. The van der Waals surface area contributed by atoms with Crippen molar-refractivity contribution >= 4 is 17.5 Å². The van der Waals surface area contributed by atoms with E-state index in [1.54, 1.807) is 30.3 Å². The summed E-state index contributed by atoms with van der Waals surface area (Å²) in [6, 6.07) is 13.5. The molecule has 0 spiro atoms. The summed E-state index contributed by atoms with van der Waals surface area (Å²) in [5, 5.41) is 10.3. The third-order valence-corrected chi connectivity index (χ3v) is 6.69. The van der Waals surface area contributed by atoms with Crippen molar-refractivity contribution in [1.82, 2.24) is 14.9 Å². The normalized spacial score (nSPS) is 14.6. The molecule has 1 unspecified atom stereocenters. The Morgan fingerprint density at radius 3 is 2.21 bits per heavy atom. The van der Waals surface area contributed by atoms with Crippen molar-refractivity contribution in [3.05, 3.63) is 101 Å². The van der Waals surface area contributed by atoms with Gasteiger partial charge in [-0.3, -0.25) is 9.59 Å². The first kappa shape index (κ1) is 28.9. The van der Waals surface area contributed by atoms with Crippen LogP contribution in [-0.2, 0) is 17.4 Å². The molecule has 1 saturated heterocycles. The number of carbonyl (C=O) groups excluding carboxylic acids is 2. The van der Waals surface area contributed by atoms with Crippen LogP contribution in [0.2, 0.25) is 0 Å². The summed E-state index contributed by atoms with van der Waals surface area (Å²) in [6.07, 6.45) is -5.64. The van der Waals surface area contributed by atoms with Crippen molar-refractivity contribution in [2.45, 2.75) is 18.7 Å². The number of aliphatic hydroxyl groups is 1. The molecule has 0 bridgehead atoms. The summed E-state index contributed by atoms with van der Waals surface area (Å²) >= 11 is 0. The van der Waals surface area contributed by atoms with E-state index in [0.717, 1.165) is 12.1 Å². The molecule has 1 amide bonds. The van der Waals surface area contributed by atoms with E-state index in [2.05, 4.69) is 9.97 Å². The van der Waals surface area contributed by atoms with E-state index in [1.807, 2.05) is 4.90 Å². The van der Waals surface area contributed by atoms with Crippen LogP contribution in [0.1, 0.15) is 33.5 Å². The van der Waals surface area contributed by atoms with Crippen LogP contribution in [0.3, 0.4) is 0 Å². The molecule has 2 aromatic heterocycles. The van der Waals surface area contributed by atoms with Gasteiger partial charge in [-0.2, -0.15) is 13.2 Å². The second-order valence-electron chi connectivity index (χ2n) is 9.60. The van der Waals surface area contributed by atoms with Crippen LogP contribution < -0.4 is 4.90 Å². The number of benzene rings is 2. The molecule has 1 aliphatic heterocycles. The molecule has 218 valence electrons. The number of aromatic nitrogens is 2. The molecule has 1 atom stereocenters. The minimum atomic E-state index is -4.89. The third kappa shape index (κ3) is 6.30. The Morgan fingerprint density at radius 1 is 0.952 bits per heavy atom. The van der Waals surface area contributed by atoms with Gasteiger partial charge in [-0.15, -0.1) is 0 Å². The monoisotopic (exact) mass is 586 g/mol. The second-order valence-corrected chi connectivity index (χ2v) is 9.60. The smallest absolute Gasteiger partial charge is 0.432 e. The van der Waals surface area contributed by atoms with Gasteiger partial charge in [0.05, 0.1) is 0 Å². The maximum Gasteiger partial charge on any atom is 0.437 e. The number of alkyl halides is 3. The van der Waals surface area contributed by atoms with Crippen molar-refractivity contribution in [3.63, 3.8) is 0 Å². The van der Waals surface area contributed by atoms with E-state index in [9.17, 15) is 36.6 Å². The Kier molecular flexibility index (Phi) is 8.03. The first-order valence-corrected chi connectivity index (χ1v) is 12.8. The largest absolute Gasteiger partial charge is 0.437 e. The standard InChI is InChI=1S/C29H23F5N4O4/c30-20-13-19(14-21(31)15-20)24(40)28(41)38-10-8-37(9-11-38)23-7-6-17(16-35-23)12-22(39)25-26(29(32,33)34)36-27(42-25)18-4-2-1-3-5-18/h1-7,13-16,24,40H,8-12H2. The molecule has 8 nitrogen and oxygen atoms in total. The molecule has 13 heteroatoms. The lowest BCUT2D eigenvalue weighted by Crippen LogP contribution is -2.50. The fourth-order valence-electron chi connectivity index (χ4n) is 4.58. The lowest BCUT2D eigenvalue weighted by Gasteiger charge is -2.36. The molecule has 5 rings (SSSR count). The van der Waals surface area contributed by atoms with Crippen LogP contribution >= 0.6 is 0 Å². The lowest BCUT2D eigenvalue weighted by molar-refractivity contribution is -0.142. The minimum Gasteiger partial charge on any atom is -0.432 e. The van der Waals surface area contributed by atoms with Crippen molar-refractivity contribution in [2.75, 3.05) is 31.1 Å². The van der Waals surface area contributed by atoms with Gasteiger partial charge in [-0.1, -0.05) is 24.3 Å². The number of Topliss-reactive ketones (excluding diaryl/α,β-unsaturated/α-hetero) is 1. The SMILES string of the molecule is O=C(Cc1ccc(N2CCN(C(=O)C(O)c3cc(F)cc(F)c3)CC2)nc1)c1oc(-c2ccccc2)nc1C(F)(F)F. The van der Waals surface area contributed by atoms with E-state index < -0.39 is 53.5 Å². The van der Waals surface area contributed by atoms with Crippen molar-refractivity contribution in [1.29, 1.82) is 0 Å². The van der Waals surface area contributed by atoms with Gasteiger partial charge in [-0.25, -0.2) is 18.7 Å². The van der Waals surface area contributed by atoms with Crippen molar-refractivity contribution in [2.24, 2.45) is 0 Å². The highest BCUT2D eigenvalue weighted by Gasteiger charge is 2.41. The molecule has 4 aromatic rings. The Hall–Kier alpha value is -4.65. The van der Waals surface area contributed by atoms with E-state index in [0.29, 0.717) is 36.1 Å². The van der Waals surface area contributed by atoms with Crippen LogP contribution in [0.5, 0.6) is 0 Å². The molecule has 1 N–H and O–H groups in total. The predicted molar refractivity (Wildman–Crippen MR) is 139 cm³/mol. The van der Waals surface area contributed by atoms with Crippen LogP contribution in [0.4, 0.5) is 27.8 Å². The quantitative estimate of drug-likeness (QED) is 0.244. The molecule has 1 fully saturated rings. The maximum atomic E-state index is 13.6. The van der Waals surface area contributed by atoms with Gasteiger partial charge in [0.25, 0.3) is 5.91 Å². The van der Waals surface area contributed by atoms with Gasteiger partial charge >= 0.3 is 6.18 Å². The number of ketones is 1. The number of pyridine rings is 1. The average molecular weight is 587 g/mol. The number of carbonyl (C=O) groups is 2. The molecule has 1 aliphatic rings. The lowest BCUT2D eigenvalue weighted by atomic mass is 10.1. The van der Waals surface area contributed by atoms with Gasteiger partial charge in [0, 0.05) is 50.4 Å². The van der Waals surface area contributed by atoms with Crippen molar-refractivity contribution in [3.8, 4) is 11.5 Å². The van der Waals surface area contributed by atoms with Crippen LogP contribution in [0, 0.1) is 11.6 Å². The molecule has 3 heterocycles. The van der Waals surface area contributed by atoms with Gasteiger partial charge < -0.3 is 19.3 Å². The Balaban J connectivity index is 1.22. The van der Waals surface area contributed by atoms with E-state index in [-0.39, 0.29) is 24.5 Å². The second kappa shape index (κ2) is 11.7. The number of piperazine rings is 1. The third-order valence-electron chi connectivity index (χ3n) is 6.69. The van der Waals surface area contributed by atoms with E-state index in [4.69, 9.17) is 4.42 Å². The molecular formula is C29H23F5N4O4. The number of hydrogen-bond acceptors (Lipinski definition) is 7. The number of aliphatic hydroxyl groups excluding tert-OH is 1. The van der Waals surface area contributed by atoms with Crippen LogP contribution in [-0.4, -0.2) is 57.8 Å². The van der Waals surface area contributed by atoms with Gasteiger partial charge in [0.15, 0.2) is 11.8 Å². The van der Waals surface area contributed by atoms with Crippen LogP contribution in [0.25, 0.3) is 11.5 Å². The fraction of sp³-hybridized carbons (Fsp3) is 0.241. The van der Waals surface area contributed by atoms with Gasteiger partial charge in [-0.05, 0) is 41.5 Å². The summed E-state index contributed by atoms with van der Waals surface area (Å²) in [6.45, 7) is 1.06. The molecular weight excluding hydrogens is 563 g/mol. The summed E-state index contributed by atoms with van der Waals surface area (Å²) in [7, 11) is 0. The highest BCUT2D eigenvalue weighted by molar-refractivity contribution is 5.96. The fourth-order valence-corrected chi connectivity index (χ4v) is 4.58. The summed E-state index contributed by atoms with van der Waals surface area (Å²) in [4.78, 5) is 36.6. The zero-order chi connectivity index (χ0) is 30.0. The summed E-state index contributed by atoms with van der Waals surface area (Å²) in [5.74, 6) is -4.10. The maximum absolute atomic E-state index is 13.6. The van der Waals surface area contributed by atoms with Gasteiger partial charge in [0.1, 0.15) is 17.5 Å². The number of halogens is 5. The number of oxazole rings is 1. The first-order chi connectivity index (χ1) is 20.0. The molecule has 0 saturated carbocycles. The number of nitrogens with zero attached hydrogens (tertiary/aromatic N) is 4. The number of hydrogen-bond donors (Lipinski definition) is 1. The number of rotatable bonds is 7. The zero-order valence-electron chi connectivity index (χ0n) is 21.8. The Bertz CT molecular complexity index is 1560. The topological polar surface area (TPSA) is 99.8 Å².